The topological polar surface area (TPSA) is 35.5 Å². The molecule has 3 nitrogen and oxygen atoms in total. The lowest BCUT2D eigenvalue weighted by Gasteiger charge is -2.07. The fourth-order valence-electron chi connectivity index (χ4n) is 1.62. The minimum Gasteiger partial charge on any atom is -0.489 e. The average molecular weight is 224 g/mol. The van der Waals surface area contributed by atoms with E-state index in [1.807, 2.05) is 6.08 Å². The van der Waals surface area contributed by atoms with E-state index in [4.69, 9.17) is 9.47 Å². The summed E-state index contributed by atoms with van der Waals surface area (Å²) in [5, 5.41) is 0. The Morgan fingerprint density at radius 3 is 2.75 bits per heavy atom. The highest BCUT2D eigenvalue weighted by atomic mass is 16.5. The first kappa shape index (κ1) is 12.8. The average Bonchev–Trinajstić information content (AvgIpc) is 2.77. The molecule has 0 saturated heterocycles. The fraction of sp³-hybridized carbons (Fsp3) is 0.615. The Kier molecular flexibility index (Phi) is 5.09. The van der Waals surface area contributed by atoms with E-state index in [-0.39, 0.29) is 5.97 Å². The SMILES string of the molecule is CCCC/C(C(=O)OC)=C1/C=C(CC)CO1. The van der Waals surface area contributed by atoms with Gasteiger partial charge in [-0.1, -0.05) is 20.3 Å². The first-order valence-electron chi connectivity index (χ1n) is 5.86. The standard InChI is InChI=1S/C13H20O3/c1-4-6-7-11(13(14)15-3)12-8-10(5-2)9-16-12/h8H,4-7,9H2,1-3H3/b12-11+. The molecule has 1 rings (SSSR count). The molecule has 0 amide bonds. The minimum absolute atomic E-state index is 0.267. The van der Waals surface area contributed by atoms with Crippen LogP contribution in [0.1, 0.15) is 39.5 Å². The summed E-state index contributed by atoms with van der Waals surface area (Å²) >= 11 is 0. The van der Waals surface area contributed by atoms with Crippen LogP contribution in [0.4, 0.5) is 0 Å². The van der Waals surface area contributed by atoms with E-state index in [1.54, 1.807) is 0 Å². The third-order valence-corrected chi connectivity index (χ3v) is 2.71. The van der Waals surface area contributed by atoms with Crippen LogP contribution >= 0.6 is 0 Å². The fourth-order valence-corrected chi connectivity index (χ4v) is 1.62. The summed E-state index contributed by atoms with van der Waals surface area (Å²) in [5.41, 5.74) is 1.90. The number of unbranched alkanes of at least 4 members (excludes halogenated alkanes) is 1. The van der Waals surface area contributed by atoms with Gasteiger partial charge in [-0.05, 0) is 30.9 Å². The van der Waals surface area contributed by atoms with Crippen LogP contribution in [0.5, 0.6) is 0 Å². The van der Waals surface area contributed by atoms with Crippen molar-refractivity contribution in [3.05, 3.63) is 23.0 Å². The molecule has 90 valence electrons. The number of hydrogen-bond acceptors (Lipinski definition) is 3. The van der Waals surface area contributed by atoms with Gasteiger partial charge < -0.3 is 9.47 Å². The van der Waals surface area contributed by atoms with E-state index in [1.165, 1.54) is 12.7 Å². The third-order valence-electron chi connectivity index (χ3n) is 2.71. The van der Waals surface area contributed by atoms with Crippen molar-refractivity contribution in [3.8, 4) is 0 Å². The maximum absolute atomic E-state index is 11.6. The maximum atomic E-state index is 11.6. The lowest BCUT2D eigenvalue weighted by atomic mass is 10.1. The maximum Gasteiger partial charge on any atom is 0.337 e. The highest BCUT2D eigenvalue weighted by Gasteiger charge is 2.19. The van der Waals surface area contributed by atoms with Crippen molar-refractivity contribution in [2.45, 2.75) is 39.5 Å². The molecule has 3 heteroatoms. The van der Waals surface area contributed by atoms with E-state index < -0.39 is 0 Å². The van der Waals surface area contributed by atoms with Gasteiger partial charge in [0.2, 0.25) is 0 Å². The largest absolute Gasteiger partial charge is 0.489 e. The second-order valence-corrected chi connectivity index (χ2v) is 3.88. The zero-order valence-electron chi connectivity index (χ0n) is 10.3. The number of hydrogen-bond donors (Lipinski definition) is 0. The monoisotopic (exact) mass is 224 g/mol. The zero-order valence-corrected chi connectivity index (χ0v) is 10.3. The Hall–Kier alpha value is -1.25. The van der Waals surface area contributed by atoms with Crippen LogP contribution in [-0.4, -0.2) is 19.7 Å². The van der Waals surface area contributed by atoms with Crippen molar-refractivity contribution in [2.24, 2.45) is 0 Å². The van der Waals surface area contributed by atoms with Gasteiger partial charge in [-0.2, -0.15) is 0 Å². The molecule has 0 radical (unpaired) electrons. The minimum atomic E-state index is -0.267. The molecule has 0 aromatic heterocycles. The molecule has 0 aromatic rings. The molecule has 0 fully saturated rings. The van der Waals surface area contributed by atoms with Gasteiger partial charge in [0.05, 0.1) is 12.7 Å². The zero-order chi connectivity index (χ0) is 12.0. The highest BCUT2D eigenvalue weighted by Crippen LogP contribution is 2.24. The summed E-state index contributed by atoms with van der Waals surface area (Å²) in [7, 11) is 1.41. The van der Waals surface area contributed by atoms with Crippen LogP contribution in [0.15, 0.2) is 23.0 Å². The van der Waals surface area contributed by atoms with Crippen LogP contribution in [0.25, 0.3) is 0 Å². The first-order valence-corrected chi connectivity index (χ1v) is 5.86. The van der Waals surface area contributed by atoms with Gasteiger partial charge in [0, 0.05) is 0 Å². The highest BCUT2D eigenvalue weighted by molar-refractivity contribution is 5.89. The Bertz CT molecular complexity index is 313. The van der Waals surface area contributed by atoms with Crippen LogP contribution in [0.3, 0.4) is 0 Å². The molecule has 0 aromatic carbocycles. The van der Waals surface area contributed by atoms with Crippen LogP contribution in [0, 0.1) is 0 Å². The molecule has 0 spiro atoms. The molecule has 0 saturated carbocycles. The van der Waals surface area contributed by atoms with Gasteiger partial charge in [0.25, 0.3) is 0 Å². The molecular weight excluding hydrogens is 204 g/mol. The van der Waals surface area contributed by atoms with Crippen molar-refractivity contribution < 1.29 is 14.3 Å². The second-order valence-electron chi connectivity index (χ2n) is 3.88. The molecule has 1 aliphatic rings. The van der Waals surface area contributed by atoms with E-state index in [2.05, 4.69) is 13.8 Å². The van der Waals surface area contributed by atoms with E-state index in [0.717, 1.165) is 25.7 Å². The number of carbonyl (C=O) groups is 1. The molecule has 0 N–H and O–H groups in total. The van der Waals surface area contributed by atoms with Crippen molar-refractivity contribution in [3.63, 3.8) is 0 Å². The summed E-state index contributed by atoms with van der Waals surface area (Å²) in [6.45, 7) is 4.79. The lowest BCUT2D eigenvalue weighted by molar-refractivity contribution is -0.136. The normalized spacial score (nSPS) is 17.8. The Labute approximate surface area is 97.1 Å². The quantitative estimate of drug-likeness (QED) is 0.532. The lowest BCUT2D eigenvalue weighted by Crippen LogP contribution is -2.08. The predicted molar refractivity (Wildman–Crippen MR) is 62.9 cm³/mol. The number of methoxy groups -OCH3 is 1. The Morgan fingerprint density at radius 2 is 2.25 bits per heavy atom. The van der Waals surface area contributed by atoms with Crippen molar-refractivity contribution in [1.82, 2.24) is 0 Å². The number of rotatable bonds is 5. The Balaban J connectivity index is 2.86. The van der Waals surface area contributed by atoms with Gasteiger partial charge >= 0.3 is 5.97 Å². The van der Waals surface area contributed by atoms with Crippen molar-refractivity contribution in [2.75, 3.05) is 13.7 Å². The van der Waals surface area contributed by atoms with Gasteiger partial charge in [0.1, 0.15) is 12.4 Å². The van der Waals surface area contributed by atoms with Crippen molar-refractivity contribution >= 4 is 5.97 Å². The summed E-state index contributed by atoms with van der Waals surface area (Å²) in [5.74, 6) is 0.439. The number of ether oxygens (including phenoxy) is 2. The number of carbonyl (C=O) groups excluding carboxylic acids is 1. The van der Waals surface area contributed by atoms with E-state index in [0.29, 0.717) is 17.9 Å². The van der Waals surface area contributed by atoms with Gasteiger partial charge in [0.15, 0.2) is 0 Å². The van der Waals surface area contributed by atoms with Crippen molar-refractivity contribution in [1.29, 1.82) is 0 Å². The summed E-state index contributed by atoms with van der Waals surface area (Å²) in [4.78, 5) is 11.6. The van der Waals surface area contributed by atoms with E-state index in [9.17, 15) is 4.79 Å². The molecule has 0 atom stereocenters. The first-order chi connectivity index (χ1) is 7.72. The molecule has 0 aliphatic carbocycles. The predicted octanol–water partition coefficient (Wildman–Crippen LogP) is 2.97. The molecule has 0 unspecified atom stereocenters. The van der Waals surface area contributed by atoms with Gasteiger partial charge in [-0.3, -0.25) is 0 Å². The molecule has 1 heterocycles. The third kappa shape index (κ3) is 3.12. The molecule has 16 heavy (non-hydrogen) atoms. The summed E-state index contributed by atoms with van der Waals surface area (Å²) in [6, 6.07) is 0. The van der Waals surface area contributed by atoms with Gasteiger partial charge in [-0.15, -0.1) is 0 Å². The van der Waals surface area contributed by atoms with E-state index >= 15 is 0 Å². The smallest absolute Gasteiger partial charge is 0.337 e. The van der Waals surface area contributed by atoms with Crippen LogP contribution in [-0.2, 0) is 14.3 Å². The second kappa shape index (κ2) is 6.36. The number of allylic oxidation sites excluding steroid dienone is 1. The van der Waals surface area contributed by atoms with Gasteiger partial charge in [-0.25, -0.2) is 4.79 Å². The Morgan fingerprint density at radius 1 is 1.50 bits per heavy atom. The molecule has 0 bridgehead atoms. The summed E-state index contributed by atoms with van der Waals surface area (Å²) < 4.78 is 10.3. The molecular formula is C13H20O3. The molecule has 1 aliphatic heterocycles. The van der Waals surface area contributed by atoms with Crippen LogP contribution in [0.2, 0.25) is 0 Å². The van der Waals surface area contributed by atoms with Crippen LogP contribution < -0.4 is 0 Å². The summed E-state index contributed by atoms with van der Waals surface area (Å²) in [6.07, 6.45) is 5.70. The number of esters is 1.